The van der Waals surface area contributed by atoms with E-state index < -0.39 is 24.9 Å². The van der Waals surface area contributed by atoms with Crippen LogP contribution in [0.1, 0.15) is 15.9 Å². The van der Waals surface area contributed by atoms with Crippen LogP contribution in [-0.2, 0) is 6.54 Å². The lowest BCUT2D eigenvalue weighted by Crippen LogP contribution is -2.33. The minimum absolute atomic E-state index is 0.0511. The molecule has 10 heteroatoms. The highest BCUT2D eigenvalue weighted by Gasteiger charge is 2.41. The molecule has 0 unspecified atom stereocenters. The number of terminal acetylenes is 1. The predicted octanol–water partition coefficient (Wildman–Crippen LogP) is 3.31. The van der Waals surface area contributed by atoms with Crippen molar-refractivity contribution < 1.29 is 36.6 Å². The summed E-state index contributed by atoms with van der Waals surface area (Å²) in [5.41, 5.74) is 0.832. The monoisotopic (exact) mass is 426 g/mol. The number of hydrogen-bond acceptors (Lipinski definition) is 5. The minimum atomic E-state index is -4.29. The number of nitrogens with one attached hydrogen (secondary N) is 1. The molecule has 0 fully saturated rings. The second-order valence-corrected chi connectivity index (χ2v) is 5.90. The molecule has 30 heavy (non-hydrogen) atoms. The number of amides is 1. The number of rotatable bonds is 10. The van der Waals surface area contributed by atoms with Crippen molar-refractivity contribution in [2.24, 2.45) is 0 Å². The van der Waals surface area contributed by atoms with Crippen molar-refractivity contribution in [3.05, 3.63) is 47.7 Å². The van der Waals surface area contributed by atoms with Gasteiger partial charge >= 0.3 is 12.3 Å². The number of aromatic nitrogens is 1. The molecule has 1 heterocycles. The molecule has 0 saturated heterocycles. The van der Waals surface area contributed by atoms with E-state index in [1.807, 2.05) is 0 Å². The van der Waals surface area contributed by atoms with Crippen molar-refractivity contribution >= 4 is 5.91 Å². The molecular formula is C20H18F4N2O4. The van der Waals surface area contributed by atoms with E-state index in [2.05, 4.69) is 21.0 Å². The van der Waals surface area contributed by atoms with E-state index in [1.165, 1.54) is 13.2 Å². The van der Waals surface area contributed by atoms with Crippen LogP contribution in [0, 0.1) is 12.3 Å². The van der Waals surface area contributed by atoms with Gasteiger partial charge in [-0.2, -0.15) is 8.78 Å². The van der Waals surface area contributed by atoms with E-state index in [0.29, 0.717) is 17.1 Å². The molecule has 0 aliphatic heterocycles. The van der Waals surface area contributed by atoms with Gasteiger partial charge in [0.05, 0.1) is 12.7 Å². The highest BCUT2D eigenvalue weighted by Crippen LogP contribution is 2.28. The summed E-state index contributed by atoms with van der Waals surface area (Å²) in [4.78, 5) is 15.9. The maximum Gasteiger partial charge on any atom is 0.340 e. The van der Waals surface area contributed by atoms with E-state index in [-0.39, 0.29) is 24.6 Å². The standard InChI is InChI=1S/C20H18F4N2O4/c1-3-8-29-16-9-13(4-6-15(16)28-2)10-26-18(27)14-5-7-17(25-11-14)30-12-20(23,24)19(21)22/h1,4-7,9,11,19H,8,10,12H2,2H3,(H,26,27). The molecule has 160 valence electrons. The van der Waals surface area contributed by atoms with Gasteiger partial charge in [-0.25, -0.2) is 13.8 Å². The van der Waals surface area contributed by atoms with Gasteiger partial charge in [0.2, 0.25) is 5.88 Å². The smallest absolute Gasteiger partial charge is 0.340 e. The van der Waals surface area contributed by atoms with Gasteiger partial charge in [0, 0.05) is 18.8 Å². The van der Waals surface area contributed by atoms with Crippen LogP contribution < -0.4 is 19.5 Å². The number of halogens is 4. The molecule has 0 aliphatic rings. The molecule has 0 bridgehead atoms. The zero-order chi connectivity index (χ0) is 22.1. The Morgan fingerprint density at radius 2 is 2.00 bits per heavy atom. The predicted molar refractivity (Wildman–Crippen MR) is 99.2 cm³/mol. The normalized spacial score (nSPS) is 11.0. The van der Waals surface area contributed by atoms with Gasteiger partial charge in [0.15, 0.2) is 18.1 Å². The van der Waals surface area contributed by atoms with Gasteiger partial charge in [-0.3, -0.25) is 4.79 Å². The Bertz CT molecular complexity index is 899. The van der Waals surface area contributed by atoms with Crippen molar-refractivity contribution in [2.45, 2.75) is 18.9 Å². The summed E-state index contributed by atoms with van der Waals surface area (Å²) in [5, 5.41) is 2.65. The fourth-order valence-corrected chi connectivity index (χ4v) is 2.18. The van der Waals surface area contributed by atoms with Crippen molar-refractivity contribution in [2.75, 3.05) is 20.3 Å². The van der Waals surface area contributed by atoms with Crippen molar-refractivity contribution in [1.29, 1.82) is 0 Å². The zero-order valence-electron chi connectivity index (χ0n) is 15.8. The quantitative estimate of drug-likeness (QED) is 0.466. The fourth-order valence-electron chi connectivity index (χ4n) is 2.18. The van der Waals surface area contributed by atoms with Gasteiger partial charge in [0.1, 0.15) is 6.61 Å². The number of pyridine rings is 1. The van der Waals surface area contributed by atoms with E-state index in [9.17, 15) is 22.4 Å². The number of nitrogens with zero attached hydrogens (tertiary/aromatic N) is 1. The average Bonchev–Trinajstić information content (AvgIpc) is 2.74. The van der Waals surface area contributed by atoms with E-state index in [0.717, 1.165) is 12.3 Å². The highest BCUT2D eigenvalue weighted by atomic mass is 19.3. The molecule has 1 aromatic carbocycles. The maximum absolute atomic E-state index is 12.9. The third-order valence-electron chi connectivity index (χ3n) is 3.72. The van der Waals surface area contributed by atoms with Crippen LogP contribution >= 0.6 is 0 Å². The topological polar surface area (TPSA) is 69.7 Å². The lowest BCUT2D eigenvalue weighted by atomic mass is 10.2. The summed E-state index contributed by atoms with van der Waals surface area (Å²) in [6, 6.07) is 7.45. The largest absolute Gasteiger partial charge is 0.493 e. The molecule has 0 aliphatic carbocycles. The van der Waals surface area contributed by atoms with Crippen LogP contribution in [0.5, 0.6) is 17.4 Å². The van der Waals surface area contributed by atoms with Gasteiger partial charge < -0.3 is 19.5 Å². The summed E-state index contributed by atoms with van der Waals surface area (Å²) in [6.07, 6.45) is 2.41. The molecule has 0 radical (unpaired) electrons. The fraction of sp³-hybridized carbons (Fsp3) is 0.300. The van der Waals surface area contributed by atoms with Gasteiger partial charge in [-0.15, -0.1) is 6.42 Å². The summed E-state index contributed by atoms with van der Waals surface area (Å²) < 4.78 is 65.0. The van der Waals surface area contributed by atoms with Gasteiger partial charge in [-0.1, -0.05) is 12.0 Å². The summed E-state index contributed by atoms with van der Waals surface area (Å²) in [7, 11) is 1.48. The summed E-state index contributed by atoms with van der Waals surface area (Å²) in [5.74, 6) is -1.84. The van der Waals surface area contributed by atoms with E-state index in [1.54, 1.807) is 18.2 Å². The minimum Gasteiger partial charge on any atom is -0.493 e. The third-order valence-corrected chi connectivity index (χ3v) is 3.72. The van der Waals surface area contributed by atoms with E-state index in [4.69, 9.17) is 15.9 Å². The molecule has 0 spiro atoms. The van der Waals surface area contributed by atoms with Crippen molar-refractivity contribution in [3.63, 3.8) is 0 Å². The molecule has 0 saturated carbocycles. The second kappa shape index (κ2) is 10.3. The number of ether oxygens (including phenoxy) is 3. The molecule has 2 aromatic rings. The molecule has 0 atom stereocenters. The first-order chi connectivity index (χ1) is 14.3. The first-order valence-corrected chi connectivity index (χ1v) is 8.53. The number of hydrogen-bond donors (Lipinski definition) is 1. The Morgan fingerprint density at radius 1 is 1.23 bits per heavy atom. The van der Waals surface area contributed by atoms with Crippen molar-refractivity contribution in [3.8, 4) is 29.7 Å². The molecule has 2 rings (SSSR count). The Balaban J connectivity index is 1.94. The van der Waals surface area contributed by atoms with Crippen LogP contribution in [0.4, 0.5) is 17.6 Å². The lowest BCUT2D eigenvalue weighted by molar-refractivity contribution is -0.148. The first kappa shape index (κ1) is 22.8. The Hall–Kier alpha value is -3.48. The van der Waals surface area contributed by atoms with Gasteiger partial charge in [-0.05, 0) is 23.8 Å². The van der Waals surface area contributed by atoms with Crippen LogP contribution in [0.25, 0.3) is 0 Å². The second-order valence-electron chi connectivity index (χ2n) is 5.90. The lowest BCUT2D eigenvalue weighted by Gasteiger charge is -2.15. The van der Waals surface area contributed by atoms with Crippen LogP contribution in [0.15, 0.2) is 36.5 Å². The zero-order valence-corrected chi connectivity index (χ0v) is 15.8. The number of carbonyl (C=O) groups is 1. The van der Waals surface area contributed by atoms with E-state index >= 15 is 0 Å². The number of methoxy groups -OCH3 is 1. The Labute approximate surface area is 170 Å². The molecule has 1 amide bonds. The van der Waals surface area contributed by atoms with Crippen LogP contribution in [0.2, 0.25) is 0 Å². The summed E-state index contributed by atoms with van der Waals surface area (Å²) in [6.45, 7) is -1.33. The average molecular weight is 426 g/mol. The molecular weight excluding hydrogens is 408 g/mol. The van der Waals surface area contributed by atoms with Gasteiger partial charge in [0.25, 0.3) is 5.91 Å². The highest BCUT2D eigenvalue weighted by molar-refractivity contribution is 5.93. The summed E-state index contributed by atoms with van der Waals surface area (Å²) >= 11 is 0. The van der Waals surface area contributed by atoms with Crippen molar-refractivity contribution in [1.82, 2.24) is 10.3 Å². The molecule has 6 nitrogen and oxygen atoms in total. The SMILES string of the molecule is C#CCOc1cc(CNC(=O)c2ccc(OCC(F)(F)C(F)F)nc2)ccc1OC. The van der Waals surface area contributed by atoms with Crippen LogP contribution in [0.3, 0.4) is 0 Å². The number of carbonyl (C=O) groups excluding carboxylic acids is 1. The maximum atomic E-state index is 12.9. The number of benzene rings is 1. The first-order valence-electron chi connectivity index (χ1n) is 8.53. The third kappa shape index (κ3) is 6.27. The Morgan fingerprint density at radius 3 is 2.60 bits per heavy atom. The number of alkyl halides is 4. The van der Waals surface area contributed by atoms with Crippen LogP contribution in [-0.4, -0.2) is 43.6 Å². The Kier molecular flexibility index (Phi) is 7.86. The molecule has 1 N–H and O–H groups in total. The molecule has 1 aromatic heterocycles.